The van der Waals surface area contributed by atoms with Gasteiger partial charge in [-0.2, -0.15) is 0 Å². The molecule has 0 aliphatic heterocycles. The quantitative estimate of drug-likeness (QED) is 0.870. The average Bonchev–Trinajstić information content (AvgIpc) is 2.70. The van der Waals surface area contributed by atoms with Crippen LogP contribution in [0, 0.1) is 12.8 Å². The summed E-state index contributed by atoms with van der Waals surface area (Å²) in [6.45, 7) is 5.73. The van der Waals surface area contributed by atoms with Crippen LogP contribution in [-0.2, 0) is 4.79 Å². The first-order chi connectivity index (χ1) is 8.81. The van der Waals surface area contributed by atoms with Gasteiger partial charge in [0, 0.05) is 18.1 Å². The number of carboxylic acid groups (broad SMARTS) is 1. The van der Waals surface area contributed by atoms with Crippen molar-refractivity contribution in [2.45, 2.75) is 33.2 Å². The second kappa shape index (κ2) is 6.51. The molecule has 106 valence electrons. The second-order valence-corrected chi connectivity index (χ2v) is 6.04. The number of nitrogens with zero attached hydrogens (tertiary/aromatic N) is 2. The van der Waals surface area contributed by atoms with Crippen molar-refractivity contribution in [1.82, 2.24) is 9.88 Å². The highest BCUT2D eigenvalue weighted by molar-refractivity contribution is 7.15. The van der Waals surface area contributed by atoms with Crippen LogP contribution in [0.25, 0.3) is 0 Å². The molecule has 1 aromatic heterocycles. The van der Waals surface area contributed by atoms with Gasteiger partial charge >= 0.3 is 12.0 Å². The SMILES string of the molecule is Cc1cnc(NC(=O)N(C)C(CC(C)C)C(=O)O)s1. The summed E-state index contributed by atoms with van der Waals surface area (Å²) in [4.78, 5) is 29.4. The molecule has 0 aromatic carbocycles. The number of amides is 2. The number of urea groups is 1. The number of aliphatic carboxylic acids is 1. The molecule has 0 bridgehead atoms. The fraction of sp³-hybridized carbons (Fsp3) is 0.583. The largest absolute Gasteiger partial charge is 0.480 e. The number of anilines is 1. The molecule has 0 saturated carbocycles. The molecule has 1 rings (SSSR count). The van der Waals surface area contributed by atoms with E-state index in [4.69, 9.17) is 0 Å². The van der Waals surface area contributed by atoms with Crippen molar-refractivity contribution < 1.29 is 14.7 Å². The number of aryl methyl sites for hydroxylation is 1. The van der Waals surface area contributed by atoms with Crippen molar-refractivity contribution in [1.29, 1.82) is 0 Å². The van der Waals surface area contributed by atoms with Crippen LogP contribution in [0.4, 0.5) is 9.93 Å². The van der Waals surface area contributed by atoms with E-state index >= 15 is 0 Å². The molecule has 1 heterocycles. The Bertz CT molecular complexity index is 459. The van der Waals surface area contributed by atoms with Crippen LogP contribution in [0.5, 0.6) is 0 Å². The number of hydrogen-bond donors (Lipinski definition) is 2. The molecule has 2 N–H and O–H groups in total. The van der Waals surface area contributed by atoms with Crippen LogP contribution in [0.3, 0.4) is 0 Å². The monoisotopic (exact) mass is 285 g/mol. The van der Waals surface area contributed by atoms with Gasteiger partial charge in [0.1, 0.15) is 6.04 Å². The van der Waals surface area contributed by atoms with Crippen LogP contribution >= 0.6 is 11.3 Å². The van der Waals surface area contributed by atoms with Gasteiger partial charge in [-0.25, -0.2) is 14.6 Å². The minimum atomic E-state index is -0.998. The summed E-state index contributed by atoms with van der Waals surface area (Å²) in [5.41, 5.74) is 0. The smallest absolute Gasteiger partial charge is 0.326 e. The number of thiazole rings is 1. The first-order valence-corrected chi connectivity index (χ1v) is 6.82. The first-order valence-electron chi connectivity index (χ1n) is 6.00. The average molecular weight is 285 g/mol. The predicted molar refractivity (Wildman–Crippen MR) is 74.5 cm³/mol. The fourth-order valence-electron chi connectivity index (χ4n) is 1.60. The molecule has 0 saturated heterocycles. The van der Waals surface area contributed by atoms with Crippen molar-refractivity contribution in [2.75, 3.05) is 12.4 Å². The molecule has 19 heavy (non-hydrogen) atoms. The van der Waals surface area contributed by atoms with E-state index in [0.29, 0.717) is 11.6 Å². The summed E-state index contributed by atoms with van der Waals surface area (Å²) < 4.78 is 0. The summed E-state index contributed by atoms with van der Waals surface area (Å²) >= 11 is 1.35. The summed E-state index contributed by atoms with van der Waals surface area (Å²) in [6.07, 6.45) is 2.07. The van der Waals surface area contributed by atoms with Gasteiger partial charge in [0.2, 0.25) is 0 Å². The Labute approximate surface area is 116 Å². The lowest BCUT2D eigenvalue weighted by atomic mass is 10.0. The Balaban J connectivity index is 2.70. The molecule has 2 amide bonds. The highest BCUT2D eigenvalue weighted by atomic mass is 32.1. The van der Waals surface area contributed by atoms with Crippen molar-refractivity contribution in [3.63, 3.8) is 0 Å². The molecular formula is C12H19N3O3S. The maximum atomic E-state index is 12.0. The summed E-state index contributed by atoms with van der Waals surface area (Å²) in [7, 11) is 1.48. The minimum absolute atomic E-state index is 0.193. The standard InChI is InChI=1S/C12H19N3O3S/c1-7(2)5-9(10(16)17)15(4)12(18)14-11-13-6-8(3)19-11/h6-7,9H,5H2,1-4H3,(H,16,17)(H,13,14,18). The van der Waals surface area contributed by atoms with Crippen LogP contribution in [0.15, 0.2) is 6.20 Å². The van der Waals surface area contributed by atoms with Gasteiger partial charge in [-0.3, -0.25) is 5.32 Å². The number of aromatic nitrogens is 1. The number of carbonyl (C=O) groups excluding carboxylic acids is 1. The summed E-state index contributed by atoms with van der Waals surface area (Å²) in [5.74, 6) is -0.805. The van der Waals surface area contributed by atoms with E-state index in [2.05, 4.69) is 10.3 Å². The van der Waals surface area contributed by atoms with Crippen molar-refractivity contribution in [3.05, 3.63) is 11.1 Å². The van der Waals surface area contributed by atoms with Gasteiger partial charge in [-0.05, 0) is 19.3 Å². The third kappa shape index (κ3) is 4.51. The Morgan fingerprint density at radius 1 is 1.53 bits per heavy atom. The molecule has 1 atom stereocenters. The molecule has 0 aliphatic carbocycles. The number of rotatable bonds is 5. The fourth-order valence-corrected chi connectivity index (χ4v) is 2.26. The number of carbonyl (C=O) groups is 2. The van der Waals surface area contributed by atoms with E-state index in [9.17, 15) is 14.7 Å². The molecule has 7 heteroatoms. The van der Waals surface area contributed by atoms with Crippen molar-refractivity contribution >= 4 is 28.5 Å². The van der Waals surface area contributed by atoms with E-state index in [1.807, 2.05) is 20.8 Å². The van der Waals surface area contributed by atoms with Crippen LogP contribution in [0.1, 0.15) is 25.1 Å². The molecule has 0 fully saturated rings. The molecule has 6 nitrogen and oxygen atoms in total. The van der Waals surface area contributed by atoms with Crippen molar-refractivity contribution in [3.8, 4) is 0 Å². The first kappa shape index (κ1) is 15.4. The Kier molecular flexibility index (Phi) is 5.29. The molecule has 0 spiro atoms. The third-order valence-electron chi connectivity index (χ3n) is 2.60. The normalized spacial score (nSPS) is 12.3. The molecule has 1 unspecified atom stereocenters. The maximum Gasteiger partial charge on any atom is 0.326 e. The molecule has 0 aliphatic rings. The number of carboxylic acids is 1. The van der Waals surface area contributed by atoms with Gasteiger partial charge < -0.3 is 10.0 Å². The Morgan fingerprint density at radius 2 is 2.16 bits per heavy atom. The minimum Gasteiger partial charge on any atom is -0.480 e. The molecular weight excluding hydrogens is 266 g/mol. The van der Waals surface area contributed by atoms with Gasteiger partial charge in [-0.1, -0.05) is 13.8 Å². The summed E-state index contributed by atoms with van der Waals surface area (Å²) in [5, 5.41) is 12.3. The van der Waals surface area contributed by atoms with Crippen LogP contribution in [-0.4, -0.2) is 40.1 Å². The summed E-state index contributed by atoms with van der Waals surface area (Å²) in [6, 6.07) is -1.29. The topological polar surface area (TPSA) is 82.5 Å². The van der Waals surface area contributed by atoms with Crippen LogP contribution < -0.4 is 5.32 Å². The predicted octanol–water partition coefficient (Wildman–Crippen LogP) is 2.41. The van der Waals surface area contributed by atoms with Gasteiger partial charge in [0.25, 0.3) is 0 Å². The zero-order chi connectivity index (χ0) is 14.6. The lowest BCUT2D eigenvalue weighted by Gasteiger charge is -2.25. The van der Waals surface area contributed by atoms with E-state index in [1.165, 1.54) is 23.3 Å². The van der Waals surface area contributed by atoms with Gasteiger partial charge in [0.05, 0.1) is 0 Å². The van der Waals surface area contributed by atoms with E-state index in [-0.39, 0.29) is 5.92 Å². The third-order valence-corrected chi connectivity index (χ3v) is 3.43. The zero-order valence-electron chi connectivity index (χ0n) is 11.5. The van der Waals surface area contributed by atoms with Crippen LogP contribution in [0.2, 0.25) is 0 Å². The Morgan fingerprint density at radius 3 is 2.58 bits per heavy atom. The highest BCUT2D eigenvalue weighted by Crippen LogP contribution is 2.18. The lowest BCUT2D eigenvalue weighted by molar-refractivity contribution is -0.142. The van der Waals surface area contributed by atoms with E-state index in [1.54, 1.807) is 6.20 Å². The molecule has 1 aromatic rings. The van der Waals surface area contributed by atoms with Gasteiger partial charge in [0.15, 0.2) is 5.13 Å². The van der Waals surface area contributed by atoms with Gasteiger partial charge in [-0.15, -0.1) is 11.3 Å². The number of nitrogens with one attached hydrogen (secondary N) is 1. The second-order valence-electron chi connectivity index (χ2n) is 4.80. The highest BCUT2D eigenvalue weighted by Gasteiger charge is 2.27. The maximum absolute atomic E-state index is 12.0. The number of hydrogen-bond acceptors (Lipinski definition) is 4. The lowest BCUT2D eigenvalue weighted by Crippen LogP contribution is -2.45. The van der Waals surface area contributed by atoms with Crippen molar-refractivity contribution in [2.24, 2.45) is 5.92 Å². The van der Waals surface area contributed by atoms with E-state index in [0.717, 1.165) is 4.88 Å². The molecule has 0 radical (unpaired) electrons. The zero-order valence-corrected chi connectivity index (χ0v) is 12.3. The number of likely N-dealkylation sites (N-methyl/N-ethyl adjacent to an activating group) is 1. The van der Waals surface area contributed by atoms with E-state index < -0.39 is 18.0 Å². The Hall–Kier alpha value is -1.63.